The Morgan fingerprint density at radius 1 is 1.37 bits per heavy atom. The summed E-state index contributed by atoms with van der Waals surface area (Å²) >= 11 is 0. The van der Waals surface area contributed by atoms with Gasteiger partial charge >= 0.3 is 0 Å². The molecule has 0 radical (unpaired) electrons. The lowest BCUT2D eigenvalue weighted by Gasteiger charge is -2.20. The monoisotopic (exact) mass is 263 g/mol. The normalized spacial score (nSPS) is 10.6. The first-order valence-electron chi connectivity index (χ1n) is 6.07. The molecule has 0 aliphatic rings. The van der Waals surface area contributed by atoms with Gasteiger partial charge in [-0.05, 0) is 31.2 Å². The van der Waals surface area contributed by atoms with Crippen LogP contribution in [0.5, 0.6) is 0 Å². The predicted molar refractivity (Wildman–Crippen MR) is 68.8 cm³/mol. The quantitative estimate of drug-likeness (QED) is 0.803. The van der Waals surface area contributed by atoms with Gasteiger partial charge in [-0.3, -0.25) is 4.79 Å². The van der Waals surface area contributed by atoms with Crippen LogP contribution < -0.4 is 0 Å². The second-order valence-corrected chi connectivity index (χ2v) is 4.21. The number of methoxy groups -OCH3 is 1. The molecule has 5 nitrogen and oxygen atoms in total. The lowest BCUT2D eigenvalue weighted by molar-refractivity contribution is 0.0635. The predicted octanol–water partition coefficient (Wildman–Crippen LogP) is 2.47. The van der Waals surface area contributed by atoms with Crippen LogP contribution in [-0.4, -0.2) is 31.1 Å². The van der Waals surface area contributed by atoms with Gasteiger partial charge in [0.1, 0.15) is 11.5 Å². The number of hydrogen-bond donors (Lipinski definition) is 0. The van der Waals surface area contributed by atoms with Crippen molar-refractivity contribution in [2.75, 3.05) is 20.3 Å². The molecule has 5 heteroatoms. The highest BCUT2D eigenvalue weighted by atomic mass is 16.5. The van der Waals surface area contributed by atoms with Gasteiger partial charge in [0.15, 0.2) is 5.76 Å². The van der Waals surface area contributed by atoms with Crippen LogP contribution in [0.2, 0.25) is 0 Å². The van der Waals surface area contributed by atoms with E-state index in [1.807, 2.05) is 19.1 Å². The summed E-state index contributed by atoms with van der Waals surface area (Å²) in [5, 5.41) is 0. The fourth-order valence-electron chi connectivity index (χ4n) is 1.77. The number of furan rings is 2. The van der Waals surface area contributed by atoms with Crippen LogP contribution in [0.25, 0.3) is 0 Å². The first-order chi connectivity index (χ1) is 9.20. The van der Waals surface area contributed by atoms with E-state index in [1.165, 1.54) is 6.26 Å². The maximum absolute atomic E-state index is 12.3. The molecule has 1 amide bonds. The van der Waals surface area contributed by atoms with E-state index < -0.39 is 0 Å². The molecule has 0 spiro atoms. The minimum Gasteiger partial charge on any atom is -0.464 e. The van der Waals surface area contributed by atoms with Gasteiger partial charge in [-0.2, -0.15) is 0 Å². The number of carbonyl (C=O) groups excluding carboxylic acids is 1. The number of amides is 1. The largest absolute Gasteiger partial charge is 0.464 e. The van der Waals surface area contributed by atoms with E-state index in [-0.39, 0.29) is 5.91 Å². The van der Waals surface area contributed by atoms with E-state index in [9.17, 15) is 4.79 Å². The molecule has 2 rings (SSSR count). The van der Waals surface area contributed by atoms with E-state index in [1.54, 1.807) is 24.1 Å². The SMILES string of the molecule is COCCN(Cc1ccc(C)o1)C(=O)c1ccco1. The molecule has 19 heavy (non-hydrogen) atoms. The second kappa shape index (κ2) is 6.24. The molecule has 0 aliphatic carbocycles. The van der Waals surface area contributed by atoms with Crippen molar-refractivity contribution in [3.8, 4) is 0 Å². The van der Waals surface area contributed by atoms with E-state index in [4.69, 9.17) is 13.6 Å². The second-order valence-electron chi connectivity index (χ2n) is 4.21. The minimum atomic E-state index is -0.170. The van der Waals surface area contributed by atoms with Gasteiger partial charge in [-0.25, -0.2) is 0 Å². The fraction of sp³-hybridized carbons (Fsp3) is 0.357. The number of rotatable bonds is 6. The fourth-order valence-corrected chi connectivity index (χ4v) is 1.77. The van der Waals surface area contributed by atoms with E-state index in [0.29, 0.717) is 25.5 Å². The summed E-state index contributed by atoms with van der Waals surface area (Å²) in [7, 11) is 1.60. The summed E-state index contributed by atoms with van der Waals surface area (Å²) in [5.41, 5.74) is 0. The average molecular weight is 263 g/mol. The van der Waals surface area contributed by atoms with Crippen LogP contribution in [0.3, 0.4) is 0 Å². The molecule has 0 bridgehead atoms. The van der Waals surface area contributed by atoms with Crippen molar-refractivity contribution < 1.29 is 18.4 Å². The number of carbonyl (C=O) groups is 1. The molecule has 0 unspecified atom stereocenters. The molecule has 2 aromatic rings. The standard InChI is InChI=1S/C14H17NO4/c1-11-5-6-12(19-11)10-15(7-9-17-2)14(16)13-4-3-8-18-13/h3-6,8H,7,9-10H2,1-2H3. The van der Waals surface area contributed by atoms with Gasteiger partial charge in [0.05, 0.1) is 19.4 Å². The Balaban J connectivity index is 2.09. The molecule has 2 heterocycles. The first kappa shape index (κ1) is 13.4. The highest BCUT2D eigenvalue weighted by Gasteiger charge is 2.19. The lowest BCUT2D eigenvalue weighted by Crippen LogP contribution is -2.33. The van der Waals surface area contributed by atoms with Crippen molar-refractivity contribution >= 4 is 5.91 Å². The van der Waals surface area contributed by atoms with Crippen LogP contribution in [0, 0.1) is 6.92 Å². The zero-order valence-electron chi connectivity index (χ0n) is 11.1. The van der Waals surface area contributed by atoms with Gasteiger partial charge < -0.3 is 18.5 Å². The molecule has 0 N–H and O–H groups in total. The number of hydrogen-bond acceptors (Lipinski definition) is 4. The summed E-state index contributed by atoms with van der Waals surface area (Å²) in [6.07, 6.45) is 1.48. The summed E-state index contributed by atoms with van der Waals surface area (Å²) in [5.74, 6) is 1.72. The van der Waals surface area contributed by atoms with Crippen molar-refractivity contribution in [1.82, 2.24) is 4.90 Å². The van der Waals surface area contributed by atoms with Gasteiger partial charge in [-0.1, -0.05) is 0 Å². The van der Waals surface area contributed by atoms with E-state index in [0.717, 1.165) is 11.5 Å². The molecular weight excluding hydrogens is 246 g/mol. The van der Waals surface area contributed by atoms with Crippen molar-refractivity contribution in [3.05, 3.63) is 47.8 Å². The average Bonchev–Trinajstić information content (AvgIpc) is 3.05. The van der Waals surface area contributed by atoms with Crippen LogP contribution in [0.4, 0.5) is 0 Å². The summed E-state index contributed by atoms with van der Waals surface area (Å²) in [6.45, 7) is 3.22. The summed E-state index contributed by atoms with van der Waals surface area (Å²) < 4.78 is 15.7. The third-order valence-electron chi connectivity index (χ3n) is 2.73. The van der Waals surface area contributed by atoms with Crippen LogP contribution >= 0.6 is 0 Å². The van der Waals surface area contributed by atoms with Crippen LogP contribution in [0.15, 0.2) is 39.4 Å². The molecule has 102 valence electrons. The Kier molecular flexibility index (Phi) is 4.41. The molecule has 0 fully saturated rings. The molecule has 0 aromatic carbocycles. The van der Waals surface area contributed by atoms with Gasteiger partial charge in [0.25, 0.3) is 5.91 Å². The van der Waals surface area contributed by atoms with E-state index >= 15 is 0 Å². The lowest BCUT2D eigenvalue weighted by atomic mass is 10.3. The molecule has 2 aromatic heterocycles. The maximum atomic E-state index is 12.3. The van der Waals surface area contributed by atoms with Crippen molar-refractivity contribution in [2.24, 2.45) is 0 Å². The van der Waals surface area contributed by atoms with Crippen LogP contribution in [-0.2, 0) is 11.3 Å². The minimum absolute atomic E-state index is 0.170. The van der Waals surface area contributed by atoms with Gasteiger partial charge in [0, 0.05) is 13.7 Å². The highest BCUT2D eigenvalue weighted by molar-refractivity contribution is 5.91. The van der Waals surface area contributed by atoms with Crippen LogP contribution in [0.1, 0.15) is 22.1 Å². The Hall–Kier alpha value is -2.01. The van der Waals surface area contributed by atoms with E-state index in [2.05, 4.69) is 0 Å². The first-order valence-corrected chi connectivity index (χ1v) is 6.07. The molecule has 0 saturated heterocycles. The summed E-state index contributed by atoms with van der Waals surface area (Å²) in [6, 6.07) is 7.08. The third-order valence-corrected chi connectivity index (χ3v) is 2.73. The molecule has 0 atom stereocenters. The summed E-state index contributed by atoms with van der Waals surface area (Å²) in [4.78, 5) is 13.9. The zero-order chi connectivity index (χ0) is 13.7. The third kappa shape index (κ3) is 3.48. The highest BCUT2D eigenvalue weighted by Crippen LogP contribution is 2.13. The number of aryl methyl sites for hydroxylation is 1. The van der Waals surface area contributed by atoms with Crippen molar-refractivity contribution in [2.45, 2.75) is 13.5 Å². The van der Waals surface area contributed by atoms with Crippen molar-refractivity contribution in [3.63, 3.8) is 0 Å². The van der Waals surface area contributed by atoms with Gasteiger partial charge in [-0.15, -0.1) is 0 Å². The Labute approximate surface area is 111 Å². The topological polar surface area (TPSA) is 55.8 Å². The Morgan fingerprint density at radius 3 is 2.79 bits per heavy atom. The number of ether oxygens (including phenoxy) is 1. The smallest absolute Gasteiger partial charge is 0.290 e. The Bertz CT molecular complexity index is 515. The van der Waals surface area contributed by atoms with Gasteiger partial charge in [0.2, 0.25) is 0 Å². The zero-order valence-corrected chi connectivity index (χ0v) is 11.1. The molecular formula is C14H17NO4. The molecule has 0 aliphatic heterocycles. The number of nitrogens with zero attached hydrogens (tertiary/aromatic N) is 1. The Morgan fingerprint density at radius 2 is 2.21 bits per heavy atom. The van der Waals surface area contributed by atoms with Crippen molar-refractivity contribution in [1.29, 1.82) is 0 Å². The molecule has 0 saturated carbocycles. The maximum Gasteiger partial charge on any atom is 0.290 e.